The molecule has 0 aliphatic carbocycles. The molecule has 1 heterocycles. The third-order valence-electron chi connectivity index (χ3n) is 3.64. The third-order valence-corrected chi connectivity index (χ3v) is 3.64. The van der Waals surface area contributed by atoms with Crippen molar-refractivity contribution in [1.82, 2.24) is 10.2 Å². The molecule has 0 aromatic carbocycles. The summed E-state index contributed by atoms with van der Waals surface area (Å²) < 4.78 is 0. The van der Waals surface area contributed by atoms with Gasteiger partial charge in [0.1, 0.15) is 0 Å². The van der Waals surface area contributed by atoms with Gasteiger partial charge in [-0.25, -0.2) is 0 Å². The smallest absolute Gasteiger partial charge is 0.0597 e. The molecule has 0 aromatic heterocycles. The van der Waals surface area contributed by atoms with Crippen LogP contribution in [0.3, 0.4) is 0 Å². The lowest BCUT2D eigenvalue weighted by Crippen LogP contribution is -2.49. The molecule has 3 heteroatoms. The molecule has 1 aliphatic heterocycles. The molecule has 1 fully saturated rings. The Bertz CT molecular complexity index is 196. The van der Waals surface area contributed by atoms with E-state index >= 15 is 0 Å². The van der Waals surface area contributed by atoms with Crippen molar-refractivity contribution in [3.8, 4) is 0 Å². The van der Waals surface area contributed by atoms with Gasteiger partial charge < -0.3 is 10.4 Å². The monoisotopic (exact) mass is 228 g/mol. The fraction of sp³-hybridized carbons (Fsp3) is 1.00. The molecule has 0 bridgehead atoms. The summed E-state index contributed by atoms with van der Waals surface area (Å²) in [5, 5.41) is 12.8. The zero-order chi connectivity index (χ0) is 12.1. The molecule has 1 saturated heterocycles. The fourth-order valence-corrected chi connectivity index (χ4v) is 2.78. The van der Waals surface area contributed by atoms with Gasteiger partial charge in [-0.15, -0.1) is 0 Å². The van der Waals surface area contributed by atoms with Crippen molar-refractivity contribution in [2.45, 2.75) is 71.1 Å². The lowest BCUT2D eigenvalue weighted by molar-refractivity contribution is 0.140. The Kier molecular flexibility index (Phi) is 5.73. The van der Waals surface area contributed by atoms with E-state index in [9.17, 15) is 5.11 Å². The van der Waals surface area contributed by atoms with Crippen LogP contribution in [-0.2, 0) is 0 Å². The van der Waals surface area contributed by atoms with Gasteiger partial charge in [-0.05, 0) is 26.2 Å². The lowest BCUT2D eigenvalue weighted by atomic mass is 10.1. The van der Waals surface area contributed by atoms with E-state index in [1.807, 2.05) is 0 Å². The fourth-order valence-electron chi connectivity index (χ4n) is 2.78. The van der Waals surface area contributed by atoms with Crippen LogP contribution in [0, 0.1) is 0 Å². The highest BCUT2D eigenvalue weighted by atomic mass is 16.3. The second-order valence-electron chi connectivity index (χ2n) is 5.39. The van der Waals surface area contributed by atoms with Gasteiger partial charge in [-0.3, -0.25) is 4.90 Å². The van der Waals surface area contributed by atoms with Gasteiger partial charge >= 0.3 is 0 Å². The molecular formula is C13H28N2O. The second-order valence-corrected chi connectivity index (χ2v) is 5.39. The van der Waals surface area contributed by atoms with E-state index in [1.54, 1.807) is 0 Å². The number of hydrogen-bond donors (Lipinski definition) is 2. The van der Waals surface area contributed by atoms with Crippen LogP contribution in [0.1, 0.15) is 47.0 Å². The maximum Gasteiger partial charge on any atom is 0.0597 e. The van der Waals surface area contributed by atoms with E-state index < -0.39 is 0 Å². The summed E-state index contributed by atoms with van der Waals surface area (Å²) in [6, 6.07) is 2.05. The van der Waals surface area contributed by atoms with Crippen LogP contribution in [0.2, 0.25) is 0 Å². The van der Waals surface area contributed by atoms with E-state index in [4.69, 9.17) is 0 Å². The Labute approximate surface area is 100 Å². The van der Waals surface area contributed by atoms with E-state index in [0.29, 0.717) is 12.1 Å². The minimum absolute atomic E-state index is 0.217. The number of rotatable bonds is 6. The highest BCUT2D eigenvalue weighted by Crippen LogP contribution is 2.25. The van der Waals surface area contributed by atoms with Crippen molar-refractivity contribution >= 4 is 0 Å². The molecule has 1 rings (SSSR count). The van der Waals surface area contributed by atoms with Gasteiger partial charge in [0.05, 0.1) is 6.61 Å². The summed E-state index contributed by atoms with van der Waals surface area (Å²) in [4.78, 5) is 2.57. The van der Waals surface area contributed by atoms with Crippen LogP contribution in [0.4, 0.5) is 0 Å². The second kappa shape index (κ2) is 6.58. The van der Waals surface area contributed by atoms with Crippen molar-refractivity contribution in [2.75, 3.05) is 13.2 Å². The van der Waals surface area contributed by atoms with Gasteiger partial charge in [0.25, 0.3) is 0 Å². The predicted octanol–water partition coefficient (Wildman–Crippen LogP) is 1.61. The number of hydrogen-bond acceptors (Lipinski definition) is 3. The molecule has 0 saturated carbocycles. The average Bonchev–Trinajstić information content (AvgIpc) is 2.58. The summed E-state index contributed by atoms with van der Waals surface area (Å²) in [6.45, 7) is 10.0. The van der Waals surface area contributed by atoms with Crippen LogP contribution in [0.15, 0.2) is 0 Å². The summed E-state index contributed by atoms with van der Waals surface area (Å²) in [6.07, 6.45) is 3.85. The summed E-state index contributed by atoms with van der Waals surface area (Å²) >= 11 is 0. The Hall–Kier alpha value is -0.120. The average molecular weight is 228 g/mol. The van der Waals surface area contributed by atoms with Crippen LogP contribution >= 0.6 is 0 Å². The van der Waals surface area contributed by atoms with Gasteiger partial charge in [-0.1, -0.05) is 20.8 Å². The SMILES string of the molecule is CCC1CCC(C)N1CC(CO)NC(C)C. The van der Waals surface area contributed by atoms with Gasteiger partial charge in [0, 0.05) is 30.7 Å². The molecule has 0 spiro atoms. The van der Waals surface area contributed by atoms with Crippen LogP contribution in [0.25, 0.3) is 0 Å². The van der Waals surface area contributed by atoms with Crippen LogP contribution < -0.4 is 5.32 Å². The number of aliphatic hydroxyl groups is 1. The number of likely N-dealkylation sites (tertiary alicyclic amines) is 1. The Morgan fingerprint density at radius 2 is 2.06 bits per heavy atom. The normalized spacial score (nSPS) is 28.9. The van der Waals surface area contributed by atoms with Crippen molar-refractivity contribution in [3.63, 3.8) is 0 Å². The Morgan fingerprint density at radius 1 is 1.38 bits per heavy atom. The van der Waals surface area contributed by atoms with Crippen molar-refractivity contribution in [1.29, 1.82) is 0 Å². The molecule has 1 aliphatic rings. The molecule has 96 valence electrons. The first-order chi connectivity index (χ1) is 7.58. The summed E-state index contributed by atoms with van der Waals surface area (Å²) in [5.41, 5.74) is 0. The highest BCUT2D eigenvalue weighted by Gasteiger charge is 2.30. The number of aliphatic hydroxyl groups excluding tert-OH is 1. The van der Waals surface area contributed by atoms with E-state index in [2.05, 4.69) is 37.9 Å². The zero-order valence-corrected chi connectivity index (χ0v) is 11.2. The topological polar surface area (TPSA) is 35.5 Å². The molecule has 0 aromatic rings. The first kappa shape index (κ1) is 13.9. The number of nitrogens with zero attached hydrogens (tertiary/aromatic N) is 1. The molecule has 3 unspecified atom stereocenters. The Morgan fingerprint density at radius 3 is 2.56 bits per heavy atom. The van der Waals surface area contributed by atoms with Gasteiger partial charge in [0.15, 0.2) is 0 Å². The van der Waals surface area contributed by atoms with Crippen LogP contribution in [0.5, 0.6) is 0 Å². The van der Waals surface area contributed by atoms with E-state index in [0.717, 1.165) is 12.6 Å². The van der Waals surface area contributed by atoms with E-state index in [1.165, 1.54) is 19.3 Å². The van der Waals surface area contributed by atoms with Crippen LogP contribution in [-0.4, -0.2) is 47.3 Å². The maximum atomic E-state index is 9.39. The zero-order valence-electron chi connectivity index (χ0n) is 11.2. The molecule has 2 N–H and O–H groups in total. The van der Waals surface area contributed by atoms with Gasteiger partial charge in [0.2, 0.25) is 0 Å². The Balaban J connectivity index is 2.48. The summed E-state index contributed by atoms with van der Waals surface area (Å²) in [5.74, 6) is 0. The number of nitrogens with one attached hydrogen (secondary N) is 1. The minimum atomic E-state index is 0.217. The summed E-state index contributed by atoms with van der Waals surface area (Å²) in [7, 11) is 0. The largest absolute Gasteiger partial charge is 0.395 e. The van der Waals surface area contributed by atoms with Gasteiger partial charge in [-0.2, -0.15) is 0 Å². The van der Waals surface area contributed by atoms with Crippen molar-refractivity contribution < 1.29 is 5.11 Å². The molecule has 3 atom stereocenters. The third kappa shape index (κ3) is 3.72. The molecule has 0 radical (unpaired) electrons. The standard InChI is InChI=1S/C13H28N2O/c1-5-13-7-6-11(4)15(13)8-12(9-16)14-10(2)3/h10-14,16H,5-9H2,1-4H3. The molecule has 3 nitrogen and oxygen atoms in total. The first-order valence-corrected chi connectivity index (χ1v) is 6.71. The molecule has 16 heavy (non-hydrogen) atoms. The lowest BCUT2D eigenvalue weighted by Gasteiger charge is -2.32. The quantitative estimate of drug-likeness (QED) is 0.725. The minimum Gasteiger partial charge on any atom is -0.395 e. The molecule has 0 amide bonds. The van der Waals surface area contributed by atoms with E-state index in [-0.39, 0.29) is 12.6 Å². The maximum absolute atomic E-state index is 9.39. The van der Waals surface area contributed by atoms with Crippen molar-refractivity contribution in [2.24, 2.45) is 0 Å². The highest BCUT2D eigenvalue weighted by molar-refractivity contribution is 4.87. The molecular weight excluding hydrogens is 200 g/mol. The predicted molar refractivity (Wildman–Crippen MR) is 68.6 cm³/mol. The van der Waals surface area contributed by atoms with Crippen molar-refractivity contribution in [3.05, 3.63) is 0 Å². The first-order valence-electron chi connectivity index (χ1n) is 6.71.